The largest absolute Gasteiger partial charge is 0.315 e. The van der Waals surface area contributed by atoms with Crippen LogP contribution in [-0.2, 0) is 13.0 Å². The van der Waals surface area contributed by atoms with Gasteiger partial charge in [0.1, 0.15) is 5.82 Å². The summed E-state index contributed by atoms with van der Waals surface area (Å²) in [6, 6.07) is 8.18. The third-order valence-corrected chi connectivity index (χ3v) is 4.82. The lowest BCUT2D eigenvalue weighted by Gasteiger charge is -2.05. The summed E-state index contributed by atoms with van der Waals surface area (Å²) >= 11 is 0. The smallest absolute Gasteiger partial charge is 0.110 e. The van der Waals surface area contributed by atoms with Crippen LogP contribution < -0.4 is 0 Å². The number of imidazole rings is 1. The molecule has 0 spiro atoms. The van der Waals surface area contributed by atoms with Crippen molar-refractivity contribution in [2.75, 3.05) is 0 Å². The molecule has 25 heavy (non-hydrogen) atoms. The molecule has 0 aliphatic rings. The standard InChI is InChI=1S/C22H27N3/c1-3-5-6-7-8-9-10-15-21-24-22-18-13-11-12-14-19(18)23-17-20(22)25(21)16-4-2/h2,11-14,17H,3,5-10,15-16H2,1H3. The summed E-state index contributed by atoms with van der Waals surface area (Å²) < 4.78 is 2.16. The summed E-state index contributed by atoms with van der Waals surface area (Å²) in [6.45, 7) is 2.82. The number of hydrogen-bond donors (Lipinski definition) is 0. The van der Waals surface area contributed by atoms with Crippen molar-refractivity contribution >= 4 is 21.9 Å². The van der Waals surface area contributed by atoms with Crippen LogP contribution in [0.25, 0.3) is 21.9 Å². The lowest BCUT2D eigenvalue weighted by molar-refractivity contribution is 0.580. The highest BCUT2D eigenvalue weighted by atomic mass is 15.1. The van der Waals surface area contributed by atoms with Crippen LogP contribution in [0, 0.1) is 12.3 Å². The van der Waals surface area contributed by atoms with Crippen LogP contribution in [0.4, 0.5) is 0 Å². The molecule has 0 unspecified atom stereocenters. The Labute approximate surface area is 150 Å². The molecule has 1 aromatic carbocycles. The van der Waals surface area contributed by atoms with E-state index in [1.54, 1.807) is 0 Å². The minimum absolute atomic E-state index is 0.558. The molecule has 0 saturated heterocycles. The molecule has 0 amide bonds. The molecule has 0 bridgehead atoms. The number of terminal acetylenes is 1. The molecule has 0 atom stereocenters. The van der Waals surface area contributed by atoms with Gasteiger partial charge in [0.15, 0.2) is 0 Å². The second-order valence-electron chi connectivity index (χ2n) is 6.70. The highest BCUT2D eigenvalue weighted by Crippen LogP contribution is 2.24. The molecular formula is C22H27N3. The topological polar surface area (TPSA) is 30.7 Å². The molecular weight excluding hydrogens is 306 g/mol. The Hall–Kier alpha value is -2.34. The molecule has 0 fully saturated rings. The third kappa shape index (κ3) is 4.02. The Morgan fingerprint density at radius 3 is 2.60 bits per heavy atom. The molecule has 3 heteroatoms. The van der Waals surface area contributed by atoms with Crippen molar-refractivity contribution in [3.63, 3.8) is 0 Å². The normalized spacial score (nSPS) is 11.2. The molecule has 2 aromatic heterocycles. The summed E-state index contributed by atoms with van der Waals surface area (Å²) in [5.74, 6) is 3.87. The van der Waals surface area contributed by atoms with Crippen molar-refractivity contribution in [1.82, 2.24) is 14.5 Å². The summed E-state index contributed by atoms with van der Waals surface area (Å²) in [7, 11) is 0. The second-order valence-corrected chi connectivity index (χ2v) is 6.70. The van der Waals surface area contributed by atoms with E-state index in [0.717, 1.165) is 34.2 Å². The quantitative estimate of drug-likeness (QED) is 0.382. The van der Waals surface area contributed by atoms with E-state index in [2.05, 4.69) is 28.5 Å². The van der Waals surface area contributed by atoms with Crippen molar-refractivity contribution < 1.29 is 0 Å². The number of aryl methyl sites for hydroxylation is 1. The third-order valence-electron chi connectivity index (χ3n) is 4.82. The average molecular weight is 333 g/mol. The molecule has 3 aromatic rings. The summed E-state index contributed by atoms with van der Waals surface area (Å²) in [5, 5.41) is 1.11. The number of benzene rings is 1. The first kappa shape index (κ1) is 17.5. The van der Waals surface area contributed by atoms with Crippen LogP contribution in [0.15, 0.2) is 30.5 Å². The van der Waals surface area contributed by atoms with Crippen molar-refractivity contribution in [3.05, 3.63) is 36.3 Å². The van der Waals surface area contributed by atoms with Crippen LogP contribution in [-0.4, -0.2) is 14.5 Å². The summed E-state index contributed by atoms with van der Waals surface area (Å²) in [4.78, 5) is 9.51. The minimum atomic E-state index is 0.558. The van der Waals surface area contributed by atoms with E-state index in [1.165, 1.54) is 44.9 Å². The van der Waals surface area contributed by atoms with E-state index in [1.807, 2.05) is 24.4 Å². The maximum Gasteiger partial charge on any atom is 0.110 e. The molecule has 130 valence electrons. The second kappa shape index (κ2) is 8.67. The van der Waals surface area contributed by atoms with E-state index in [0.29, 0.717) is 6.54 Å². The van der Waals surface area contributed by atoms with Gasteiger partial charge in [0.25, 0.3) is 0 Å². The molecule has 0 N–H and O–H groups in total. The van der Waals surface area contributed by atoms with E-state index >= 15 is 0 Å². The highest BCUT2D eigenvalue weighted by Gasteiger charge is 2.13. The zero-order chi connectivity index (χ0) is 17.5. The minimum Gasteiger partial charge on any atom is -0.315 e. The van der Waals surface area contributed by atoms with Gasteiger partial charge >= 0.3 is 0 Å². The van der Waals surface area contributed by atoms with Gasteiger partial charge in [-0.15, -0.1) is 6.42 Å². The maximum atomic E-state index is 5.60. The predicted molar refractivity (Wildman–Crippen MR) is 106 cm³/mol. The number of nitrogens with zero attached hydrogens (tertiary/aromatic N) is 3. The Bertz CT molecular complexity index is 870. The monoisotopic (exact) mass is 333 g/mol. The van der Waals surface area contributed by atoms with Gasteiger partial charge < -0.3 is 4.57 Å². The van der Waals surface area contributed by atoms with Crippen molar-refractivity contribution in [1.29, 1.82) is 0 Å². The van der Waals surface area contributed by atoms with E-state index in [4.69, 9.17) is 11.4 Å². The zero-order valence-electron chi connectivity index (χ0n) is 15.2. The number of pyridine rings is 1. The van der Waals surface area contributed by atoms with Crippen LogP contribution in [0.2, 0.25) is 0 Å². The first-order valence-electron chi connectivity index (χ1n) is 9.51. The van der Waals surface area contributed by atoms with Crippen LogP contribution in [0.3, 0.4) is 0 Å². The van der Waals surface area contributed by atoms with Gasteiger partial charge in [-0.1, -0.05) is 69.6 Å². The van der Waals surface area contributed by atoms with Gasteiger partial charge in [-0.3, -0.25) is 4.98 Å². The summed E-state index contributed by atoms with van der Waals surface area (Å²) in [6.07, 6.45) is 17.6. The lowest BCUT2D eigenvalue weighted by Crippen LogP contribution is -2.03. The maximum absolute atomic E-state index is 5.60. The summed E-state index contributed by atoms with van der Waals surface area (Å²) in [5.41, 5.74) is 3.07. The Morgan fingerprint density at radius 1 is 1.04 bits per heavy atom. The molecule has 0 aliphatic heterocycles. The lowest BCUT2D eigenvalue weighted by atomic mass is 10.1. The Kier molecular flexibility index (Phi) is 6.06. The number of aromatic nitrogens is 3. The fourth-order valence-electron chi connectivity index (χ4n) is 3.46. The molecule has 3 nitrogen and oxygen atoms in total. The number of para-hydroxylation sites is 1. The van der Waals surface area contributed by atoms with Gasteiger partial charge in [-0.05, 0) is 12.5 Å². The molecule has 0 aliphatic carbocycles. The SMILES string of the molecule is C#CCn1c(CCCCCCCCC)nc2c3ccccc3ncc21. The van der Waals surface area contributed by atoms with Crippen LogP contribution >= 0.6 is 0 Å². The van der Waals surface area contributed by atoms with Gasteiger partial charge in [0, 0.05) is 11.8 Å². The number of unbranched alkanes of at least 4 members (excludes halogenated alkanes) is 6. The molecule has 3 rings (SSSR count). The molecule has 0 saturated carbocycles. The van der Waals surface area contributed by atoms with Crippen molar-refractivity contribution in [3.8, 4) is 12.3 Å². The fraction of sp³-hybridized carbons (Fsp3) is 0.455. The number of fused-ring (bicyclic) bond motifs is 3. The van der Waals surface area contributed by atoms with Gasteiger partial charge in [-0.25, -0.2) is 4.98 Å². The van der Waals surface area contributed by atoms with Crippen LogP contribution in [0.5, 0.6) is 0 Å². The van der Waals surface area contributed by atoms with Crippen molar-refractivity contribution in [2.24, 2.45) is 0 Å². The zero-order valence-corrected chi connectivity index (χ0v) is 15.2. The molecule has 0 radical (unpaired) electrons. The first-order chi connectivity index (χ1) is 12.3. The van der Waals surface area contributed by atoms with E-state index in [9.17, 15) is 0 Å². The number of rotatable bonds is 9. The fourth-order valence-corrected chi connectivity index (χ4v) is 3.46. The van der Waals surface area contributed by atoms with E-state index < -0.39 is 0 Å². The van der Waals surface area contributed by atoms with Crippen molar-refractivity contribution in [2.45, 2.75) is 64.8 Å². The van der Waals surface area contributed by atoms with Crippen LogP contribution in [0.1, 0.15) is 57.7 Å². The Morgan fingerprint density at radius 2 is 1.80 bits per heavy atom. The van der Waals surface area contributed by atoms with Gasteiger partial charge in [-0.2, -0.15) is 0 Å². The van der Waals surface area contributed by atoms with Gasteiger partial charge in [0.2, 0.25) is 0 Å². The predicted octanol–water partition coefficient (Wildman–Crippen LogP) is 5.51. The van der Waals surface area contributed by atoms with Gasteiger partial charge in [0.05, 0.1) is 29.3 Å². The Balaban J connectivity index is 1.76. The van der Waals surface area contributed by atoms with E-state index in [-0.39, 0.29) is 0 Å². The molecule has 2 heterocycles. The average Bonchev–Trinajstić information content (AvgIpc) is 2.99. The highest BCUT2D eigenvalue weighted by molar-refractivity contribution is 6.02. The first-order valence-corrected chi connectivity index (χ1v) is 9.51. The number of hydrogen-bond acceptors (Lipinski definition) is 2.